The van der Waals surface area contributed by atoms with Crippen LogP contribution < -0.4 is 5.32 Å². The monoisotopic (exact) mass is 354 g/mol. The van der Waals surface area contributed by atoms with Crippen molar-refractivity contribution in [2.75, 3.05) is 6.54 Å². The molecule has 1 saturated carbocycles. The van der Waals surface area contributed by atoms with Gasteiger partial charge in [0.25, 0.3) is 5.91 Å². The first-order chi connectivity index (χ1) is 11.8. The number of hydrogen-bond donors (Lipinski definition) is 1. The molecule has 1 N–H and O–H groups in total. The molecular formula is C19H18N2OS2. The maximum absolute atomic E-state index is 12.0. The quantitative estimate of drug-likeness (QED) is 0.651. The van der Waals surface area contributed by atoms with E-state index in [1.165, 1.54) is 23.1 Å². The molecule has 0 radical (unpaired) electrons. The van der Waals surface area contributed by atoms with Crippen LogP contribution >= 0.6 is 23.1 Å². The van der Waals surface area contributed by atoms with Crippen molar-refractivity contribution >= 4 is 39.2 Å². The summed E-state index contributed by atoms with van der Waals surface area (Å²) in [5.41, 5.74) is 3.01. The van der Waals surface area contributed by atoms with Gasteiger partial charge in [0.1, 0.15) is 0 Å². The minimum Gasteiger partial charge on any atom is -0.352 e. The summed E-state index contributed by atoms with van der Waals surface area (Å²) in [6.45, 7) is 0.814. The van der Waals surface area contributed by atoms with Crippen LogP contribution in [0.2, 0.25) is 0 Å². The highest BCUT2D eigenvalue weighted by atomic mass is 32.2. The van der Waals surface area contributed by atoms with Gasteiger partial charge in [-0.15, -0.1) is 11.3 Å². The number of carbonyl (C=O) groups excluding carboxylic acids is 1. The predicted octanol–water partition coefficient (Wildman–Crippen LogP) is 4.73. The number of aromatic nitrogens is 1. The molecule has 1 heterocycles. The molecular weight excluding hydrogens is 336 g/mol. The maximum Gasteiger partial charge on any atom is 0.251 e. The van der Waals surface area contributed by atoms with Crippen molar-refractivity contribution in [1.82, 2.24) is 10.3 Å². The fourth-order valence-electron chi connectivity index (χ4n) is 2.47. The highest BCUT2D eigenvalue weighted by Crippen LogP contribution is 2.31. The average molecular weight is 355 g/mol. The summed E-state index contributed by atoms with van der Waals surface area (Å²) >= 11 is 3.47. The van der Waals surface area contributed by atoms with Gasteiger partial charge in [-0.25, -0.2) is 4.98 Å². The van der Waals surface area contributed by atoms with Crippen LogP contribution in [0.25, 0.3) is 10.2 Å². The van der Waals surface area contributed by atoms with E-state index in [9.17, 15) is 4.79 Å². The smallest absolute Gasteiger partial charge is 0.251 e. The molecule has 3 nitrogen and oxygen atoms in total. The van der Waals surface area contributed by atoms with E-state index >= 15 is 0 Å². The Hall–Kier alpha value is -1.85. The van der Waals surface area contributed by atoms with Crippen molar-refractivity contribution in [2.45, 2.75) is 22.9 Å². The molecule has 1 aliphatic rings. The molecule has 0 atom stereocenters. The second kappa shape index (κ2) is 6.95. The molecule has 1 amide bonds. The van der Waals surface area contributed by atoms with E-state index in [-0.39, 0.29) is 5.91 Å². The molecule has 2 aromatic carbocycles. The molecule has 0 aliphatic heterocycles. The van der Waals surface area contributed by atoms with Crippen molar-refractivity contribution in [3.05, 3.63) is 59.7 Å². The molecule has 1 fully saturated rings. The van der Waals surface area contributed by atoms with E-state index in [0.29, 0.717) is 5.92 Å². The molecule has 122 valence electrons. The lowest BCUT2D eigenvalue weighted by Gasteiger charge is -2.05. The van der Waals surface area contributed by atoms with Crippen LogP contribution in [-0.4, -0.2) is 17.4 Å². The lowest BCUT2D eigenvalue weighted by atomic mass is 10.1. The first-order valence-electron chi connectivity index (χ1n) is 8.13. The Morgan fingerprint density at radius 2 is 1.96 bits per heavy atom. The normalized spacial score (nSPS) is 14.0. The molecule has 1 aromatic heterocycles. The number of thioether (sulfide) groups is 1. The van der Waals surface area contributed by atoms with Crippen LogP contribution in [0.15, 0.2) is 52.9 Å². The van der Waals surface area contributed by atoms with Crippen molar-refractivity contribution in [2.24, 2.45) is 5.92 Å². The first-order valence-corrected chi connectivity index (χ1v) is 9.94. The number of para-hydroxylation sites is 1. The van der Waals surface area contributed by atoms with E-state index in [0.717, 1.165) is 27.7 Å². The zero-order valence-corrected chi connectivity index (χ0v) is 14.8. The van der Waals surface area contributed by atoms with E-state index in [1.807, 2.05) is 42.5 Å². The van der Waals surface area contributed by atoms with Gasteiger partial charge in [0.05, 0.1) is 10.2 Å². The van der Waals surface area contributed by atoms with E-state index < -0.39 is 0 Å². The molecule has 24 heavy (non-hydrogen) atoms. The minimum atomic E-state index is 0.0345. The van der Waals surface area contributed by atoms with Crippen LogP contribution in [-0.2, 0) is 5.75 Å². The Kier molecular flexibility index (Phi) is 4.54. The fraction of sp³-hybridized carbons (Fsp3) is 0.263. The maximum atomic E-state index is 12.0. The largest absolute Gasteiger partial charge is 0.352 e. The fourth-order valence-corrected chi connectivity index (χ4v) is 4.50. The third kappa shape index (κ3) is 3.79. The number of rotatable bonds is 6. The Labute approximate surface area is 149 Å². The highest BCUT2D eigenvalue weighted by Gasteiger charge is 2.21. The standard InChI is InChI=1S/C19H18N2OS2/c22-18(20-11-13-5-6-13)15-9-7-14(8-10-15)12-23-19-21-16-3-1-2-4-17(16)24-19/h1-4,7-10,13H,5-6,11-12H2,(H,20,22). The van der Waals surface area contributed by atoms with E-state index in [4.69, 9.17) is 0 Å². The van der Waals surface area contributed by atoms with Crippen molar-refractivity contribution in [1.29, 1.82) is 0 Å². The van der Waals surface area contributed by atoms with Gasteiger partial charge < -0.3 is 5.32 Å². The second-order valence-corrected chi connectivity index (χ2v) is 8.34. The van der Waals surface area contributed by atoms with Crippen LogP contribution in [0, 0.1) is 5.92 Å². The average Bonchev–Trinajstić information content (AvgIpc) is 3.35. The lowest BCUT2D eigenvalue weighted by Crippen LogP contribution is -2.25. The van der Waals surface area contributed by atoms with Crippen molar-refractivity contribution in [3.63, 3.8) is 0 Å². The molecule has 0 bridgehead atoms. The molecule has 0 unspecified atom stereocenters. The van der Waals surface area contributed by atoms with Gasteiger partial charge in [-0.05, 0) is 48.6 Å². The van der Waals surface area contributed by atoms with Gasteiger partial charge in [-0.2, -0.15) is 0 Å². The zero-order chi connectivity index (χ0) is 16.4. The molecule has 5 heteroatoms. The Bertz CT molecular complexity index is 820. The SMILES string of the molecule is O=C(NCC1CC1)c1ccc(CSc2nc3ccccc3s2)cc1. The van der Waals surface area contributed by atoms with Crippen LogP contribution in [0.3, 0.4) is 0 Å². The minimum absolute atomic E-state index is 0.0345. The topological polar surface area (TPSA) is 42.0 Å². The van der Waals surface area contributed by atoms with Gasteiger partial charge in [0.2, 0.25) is 0 Å². The van der Waals surface area contributed by atoms with Gasteiger partial charge >= 0.3 is 0 Å². The summed E-state index contributed by atoms with van der Waals surface area (Å²) in [5.74, 6) is 1.61. The lowest BCUT2D eigenvalue weighted by molar-refractivity contribution is 0.0952. The van der Waals surface area contributed by atoms with Gasteiger partial charge in [0.15, 0.2) is 4.34 Å². The number of nitrogens with one attached hydrogen (secondary N) is 1. The van der Waals surface area contributed by atoms with Gasteiger partial charge in [-0.3, -0.25) is 4.79 Å². The summed E-state index contributed by atoms with van der Waals surface area (Å²) in [7, 11) is 0. The van der Waals surface area contributed by atoms with Crippen LogP contribution in [0.4, 0.5) is 0 Å². The molecule has 3 aromatic rings. The molecule has 1 aliphatic carbocycles. The number of fused-ring (bicyclic) bond motifs is 1. The van der Waals surface area contributed by atoms with Crippen LogP contribution in [0.5, 0.6) is 0 Å². The van der Waals surface area contributed by atoms with Gasteiger partial charge in [0, 0.05) is 17.9 Å². The predicted molar refractivity (Wildman–Crippen MR) is 101 cm³/mol. The summed E-state index contributed by atoms with van der Waals surface area (Å²) in [6, 6.07) is 16.1. The number of thiazole rings is 1. The summed E-state index contributed by atoms with van der Waals surface area (Å²) < 4.78 is 2.31. The third-order valence-corrected chi connectivity index (χ3v) is 6.35. The van der Waals surface area contributed by atoms with Crippen molar-refractivity contribution in [3.8, 4) is 0 Å². The number of benzene rings is 2. The Balaban J connectivity index is 1.35. The van der Waals surface area contributed by atoms with E-state index in [2.05, 4.69) is 16.4 Å². The van der Waals surface area contributed by atoms with E-state index in [1.54, 1.807) is 23.1 Å². The number of hydrogen-bond acceptors (Lipinski definition) is 4. The molecule has 0 spiro atoms. The Morgan fingerprint density at radius 1 is 1.17 bits per heavy atom. The summed E-state index contributed by atoms with van der Waals surface area (Å²) in [5, 5.41) is 3.00. The second-order valence-electron chi connectivity index (χ2n) is 6.09. The Morgan fingerprint density at radius 3 is 2.71 bits per heavy atom. The third-order valence-electron chi connectivity index (χ3n) is 4.10. The van der Waals surface area contributed by atoms with Crippen LogP contribution in [0.1, 0.15) is 28.8 Å². The first kappa shape index (κ1) is 15.7. The highest BCUT2D eigenvalue weighted by molar-refractivity contribution is 8.00. The van der Waals surface area contributed by atoms with Crippen molar-refractivity contribution < 1.29 is 4.79 Å². The molecule has 4 rings (SSSR count). The number of nitrogens with zero attached hydrogens (tertiary/aromatic N) is 1. The summed E-state index contributed by atoms with van der Waals surface area (Å²) in [4.78, 5) is 16.7. The zero-order valence-electron chi connectivity index (χ0n) is 13.2. The number of amides is 1. The molecule has 0 saturated heterocycles. The van der Waals surface area contributed by atoms with Gasteiger partial charge in [-0.1, -0.05) is 36.0 Å². The number of carbonyl (C=O) groups is 1. The summed E-state index contributed by atoms with van der Waals surface area (Å²) in [6.07, 6.45) is 2.50.